The second kappa shape index (κ2) is 11.6. The third-order valence-electron chi connectivity index (χ3n) is 8.00. The Morgan fingerprint density at radius 3 is 2.37 bits per heavy atom. The number of hydrogen-bond donors (Lipinski definition) is 1. The summed E-state index contributed by atoms with van der Waals surface area (Å²) in [6, 6.07) is 3.19. The molecule has 43 heavy (non-hydrogen) atoms. The third kappa shape index (κ3) is 5.49. The van der Waals surface area contributed by atoms with Crippen LogP contribution in [0, 0.1) is 5.82 Å². The number of piperazine rings is 1. The first-order valence-corrected chi connectivity index (χ1v) is 14.2. The highest BCUT2D eigenvalue weighted by atomic mass is 35.5. The fraction of sp³-hybridized carbons (Fsp3) is 0.429. The lowest BCUT2D eigenvalue weighted by Gasteiger charge is -2.45. The first-order chi connectivity index (χ1) is 20.4. The summed E-state index contributed by atoms with van der Waals surface area (Å²) in [5.41, 5.74) is 1.68. The molecule has 3 aromatic rings. The highest BCUT2D eigenvalue weighted by molar-refractivity contribution is 6.31. The number of nitrogens with two attached hydrogens (primary N) is 1. The number of anilines is 3. The minimum absolute atomic E-state index is 0.117. The predicted molar refractivity (Wildman–Crippen MR) is 157 cm³/mol. The van der Waals surface area contributed by atoms with Crippen LogP contribution < -0.4 is 21.1 Å². The molecular formula is C28H31ClF4N8O2. The quantitative estimate of drug-likeness (QED) is 0.243. The molecule has 10 nitrogen and oxygen atoms in total. The number of nitrogens with zero attached hydrogens (tertiary/aromatic N) is 7. The van der Waals surface area contributed by atoms with E-state index in [1.807, 2.05) is 4.90 Å². The summed E-state index contributed by atoms with van der Waals surface area (Å²) in [4.78, 5) is 42.6. The predicted octanol–water partition coefficient (Wildman–Crippen LogP) is 3.54. The fourth-order valence-electron chi connectivity index (χ4n) is 5.61. The lowest BCUT2D eigenvalue weighted by molar-refractivity contribution is -0.142. The molecule has 230 valence electrons. The van der Waals surface area contributed by atoms with Crippen molar-refractivity contribution >= 4 is 45.9 Å². The maximum Gasteiger partial charge on any atom is 0.431 e. The molecule has 2 aliphatic rings. The largest absolute Gasteiger partial charge is 0.431 e. The minimum Gasteiger partial charge on any atom is -0.397 e. The van der Waals surface area contributed by atoms with Gasteiger partial charge in [-0.05, 0) is 37.4 Å². The van der Waals surface area contributed by atoms with Crippen LogP contribution in [0.25, 0.3) is 16.6 Å². The van der Waals surface area contributed by atoms with Gasteiger partial charge in [-0.3, -0.25) is 19.1 Å². The number of alkyl halides is 3. The molecule has 15 heteroatoms. The van der Waals surface area contributed by atoms with Gasteiger partial charge in [0, 0.05) is 45.3 Å². The van der Waals surface area contributed by atoms with Crippen molar-refractivity contribution in [1.82, 2.24) is 24.3 Å². The number of nitrogen functional groups attached to an aromatic ring is 1. The molecule has 0 radical (unpaired) electrons. The molecule has 2 N–H and O–H groups in total. The zero-order valence-electron chi connectivity index (χ0n) is 23.7. The Morgan fingerprint density at radius 2 is 1.79 bits per heavy atom. The van der Waals surface area contributed by atoms with Gasteiger partial charge in [-0.15, -0.1) is 0 Å². The van der Waals surface area contributed by atoms with Crippen LogP contribution in [0.3, 0.4) is 0 Å². The molecule has 2 fully saturated rings. The summed E-state index contributed by atoms with van der Waals surface area (Å²) in [5.74, 6) is -1.25. The summed E-state index contributed by atoms with van der Waals surface area (Å²) >= 11 is 5.90. The molecule has 1 amide bonds. The molecule has 4 heterocycles. The Balaban J connectivity index is 1.72. The van der Waals surface area contributed by atoms with Crippen molar-refractivity contribution < 1.29 is 22.4 Å². The van der Waals surface area contributed by atoms with Crippen LogP contribution in [0.15, 0.2) is 35.6 Å². The van der Waals surface area contributed by atoms with Gasteiger partial charge in [-0.25, -0.2) is 9.37 Å². The van der Waals surface area contributed by atoms with Gasteiger partial charge < -0.3 is 20.4 Å². The molecule has 5 rings (SSSR count). The number of hydrogen-bond acceptors (Lipinski definition) is 8. The number of carbonyl (C=O) groups is 1. The summed E-state index contributed by atoms with van der Waals surface area (Å²) in [5, 5.41) is -0.647. The Morgan fingerprint density at radius 1 is 1.14 bits per heavy atom. The Labute approximate surface area is 249 Å². The SMILES string of the molecule is C=CC(=O)N1CCN(c2nc(N3CC(N(CC)CC)C3)nc3c(=O)n(-c4c(N)ccc(Cl)c4F)c(C(F)(F)F)cc23)CC1. The van der Waals surface area contributed by atoms with Crippen LogP contribution in [0.1, 0.15) is 19.5 Å². The smallest absolute Gasteiger partial charge is 0.397 e. The maximum atomic E-state index is 15.2. The van der Waals surface area contributed by atoms with Gasteiger partial charge in [0.25, 0.3) is 5.56 Å². The number of aromatic nitrogens is 3. The molecule has 0 spiro atoms. The van der Waals surface area contributed by atoms with Crippen molar-refractivity contribution in [1.29, 1.82) is 0 Å². The monoisotopic (exact) mass is 622 g/mol. The van der Waals surface area contributed by atoms with Gasteiger partial charge in [-0.1, -0.05) is 32.0 Å². The molecule has 2 saturated heterocycles. The van der Waals surface area contributed by atoms with E-state index in [4.69, 9.17) is 17.3 Å². The van der Waals surface area contributed by atoms with Gasteiger partial charge in [0.15, 0.2) is 5.82 Å². The van der Waals surface area contributed by atoms with E-state index in [1.165, 1.54) is 6.08 Å². The van der Waals surface area contributed by atoms with Gasteiger partial charge in [0.2, 0.25) is 11.9 Å². The molecular weight excluding hydrogens is 592 g/mol. The molecule has 0 saturated carbocycles. The number of carbonyl (C=O) groups excluding carboxylic acids is 1. The van der Waals surface area contributed by atoms with Crippen molar-refractivity contribution in [2.75, 3.05) is 67.9 Å². The molecule has 0 unspecified atom stereocenters. The highest BCUT2D eigenvalue weighted by Gasteiger charge is 2.39. The van der Waals surface area contributed by atoms with Crippen molar-refractivity contribution in [3.05, 3.63) is 57.7 Å². The normalized spacial score (nSPS) is 16.2. The van der Waals surface area contributed by atoms with Gasteiger partial charge in [0.05, 0.1) is 16.1 Å². The summed E-state index contributed by atoms with van der Waals surface area (Å²) in [6.45, 7) is 11.4. The average molecular weight is 623 g/mol. The minimum atomic E-state index is -5.09. The Bertz CT molecular complexity index is 1630. The van der Waals surface area contributed by atoms with Crippen LogP contribution >= 0.6 is 11.6 Å². The summed E-state index contributed by atoms with van der Waals surface area (Å²) in [7, 11) is 0. The third-order valence-corrected chi connectivity index (χ3v) is 8.29. The molecule has 2 aliphatic heterocycles. The maximum absolute atomic E-state index is 15.2. The summed E-state index contributed by atoms with van der Waals surface area (Å²) in [6.07, 6.45) is -3.89. The second-order valence-corrected chi connectivity index (χ2v) is 10.8. The van der Waals surface area contributed by atoms with E-state index in [9.17, 15) is 22.8 Å². The molecule has 1 aromatic carbocycles. The van der Waals surface area contributed by atoms with Crippen LogP contribution in [0.2, 0.25) is 5.02 Å². The standard InChI is InChI=1S/C28H31ClF4N8O2/c1-4-21(42)38-9-11-39(12-10-38)25-17-13-20(28(31,32)33)41(24-19(34)8-7-18(29)22(24)30)26(43)23(17)35-27(36-25)40-14-16(15-40)37(5-2)6-3/h4,7-8,13,16H,1,5-6,9-12,14-15,34H2,2-3H3. The zero-order chi connectivity index (χ0) is 31.2. The van der Waals surface area contributed by atoms with E-state index in [0.29, 0.717) is 13.1 Å². The second-order valence-electron chi connectivity index (χ2n) is 10.4. The lowest BCUT2D eigenvalue weighted by Crippen LogP contribution is -2.60. The summed E-state index contributed by atoms with van der Waals surface area (Å²) < 4.78 is 59.0. The Kier molecular flexibility index (Phi) is 8.27. The van der Waals surface area contributed by atoms with Gasteiger partial charge in [-0.2, -0.15) is 18.2 Å². The lowest BCUT2D eigenvalue weighted by atomic mass is 10.1. The van der Waals surface area contributed by atoms with Crippen molar-refractivity contribution in [2.45, 2.75) is 26.1 Å². The highest BCUT2D eigenvalue weighted by Crippen LogP contribution is 2.37. The van der Waals surface area contributed by atoms with Crippen LogP contribution in [0.5, 0.6) is 0 Å². The van der Waals surface area contributed by atoms with Gasteiger partial charge in [0.1, 0.15) is 22.7 Å². The molecule has 2 aromatic heterocycles. The van der Waals surface area contributed by atoms with Crippen molar-refractivity contribution in [3.8, 4) is 5.69 Å². The zero-order valence-corrected chi connectivity index (χ0v) is 24.4. The first-order valence-electron chi connectivity index (χ1n) is 13.8. The molecule has 0 atom stereocenters. The average Bonchev–Trinajstić information content (AvgIpc) is 2.96. The van der Waals surface area contributed by atoms with Crippen molar-refractivity contribution in [3.63, 3.8) is 0 Å². The van der Waals surface area contributed by atoms with E-state index in [1.54, 1.807) is 9.80 Å². The van der Waals surface area contributed by atoms with E-state index < -0.39 is 39.6 Å². The van der Waals surface area contributed by atoms with E-state index in [0.717, 1.165) is 31.3 Å². The van der Waals surface area contributed by atoms with Crippen molar-refractivity contribution in [2.24, 2.45) is 0 Å². The molecule has 0 bridgehead atoms. The van der Waals surface area contributed by atoms with E-state index in [2.05, 4.69) is 35.3 Å². The topological polar surface area (TPSA) is 104 Å². The number of benzene rings is 1. The van der Waals surface area contributed by atoms with E-state index in [-0.39, 0.29) is 65.4 Å². The number of halogens is 5. The van der Waals surface area contributed by atoms with Crippen LogP contribution in [-0.2, 0) is 11.0 Å². The van der Waals surface area contributed by atoms with E-state index >= 15 is 4.39 Å². The number of pyridine rings is 1. The van der Waals surface area contributed by atoms with Crippen LogP contribution in [0.4, 0.5) is 35.0 Å². The number of amides is 1. The molecule has 0 aliphatic carbocycles. The first kappa shape index (κ1) is 30.5. The Hall–Kier alpha value is -3.91. The van der Waals surface area contributed by atoms with Crippen LogP contribution in [-0.4, -0.2) is 88.6 Å². The van der Waals surface area contributed by atoms with Gasteiger partial charge >= 0.3 is 6.18 Å². The number of fused-ring (bicyclic) bond motifs is 1. The fourth-order valence-corrected chi connectivity index (χ4v) is 5.76. The number of likely N-dealkylation sites (N-methyl/N-ethyl adjacent to an activating group) is 1. The number of rotatable bonds is 7.